The fraction of sp³-hybridized carbons (Fsp3) is 0.0556. The molecule has 1 N–H and O–H groups in total. The molecule has 1 amide bonds. The first-order chi connectivity index (χ1) is 12.4. The molecule has 0 radical (unpaired) electrons. The number of rotatable bonds is 6. The number of aliphatic imine (C=N–C) groups is 1. The van der Waals surface area contributed by atoms with Crippen LogP contribution in [-0.4, -0.2) is 22.6 Å². The van der Waals surface area contributed by atoms with E-state index in [9.17, 15) is 9.18 Å². The Morgan fingerprint density at radius 2 is 2.15 bits per heavy atom. The zero-order valence-corrected chi connectivity index (χ0v) is 13.9. The number of aryl methyl sites for hydroxylation is 1. The first kappa shape index (κ1) is 18.5. The van der Waals surface area contributed by atoms with Crippen LogP contribution in [-0.2, 0) is 0 Å². The Labute approximate surface area is 149 Å². The number of hydrogen-bond donors (Lipinski definition) is 1. The highest BCUT2D eigenvalue weighted by molar-refractivity contribution is 5.94. The van der Waals surface area contributed by atoms with Gasteiger partial charge in [-0.2, -0.15) is 5.26 Å². The van der Waals surface area contributed by atoms with Gasteiger partial charge in [0.2, 0.25) is 0 Å². The second-order valence-electron chi connectivity index (χ2n) is 5.04. The fourth-order valence-corrected chi connectivity index (χ4v) is 1.93. The van der Waals surface area contributed by atoms with Gasteiger partial charge in [0.05, 0.1) is 11.8 Å². The maximum atomic E-state index is 12.8. The van der Waals surface area contributed by atoms with E-state index in [-0.39, 0.29) is 11.5 Å². The monoisotopic (exact) mass is 351 g/mol. The molecule has 26 heavy (non-hydrogen) atoms. The third kappa shape index (κ3) is 5.07. The number of ether oxygens (including phenoxy) is 1. The third-order valence-corrected chi connectivity index (χ3v) is 2.94. The quantitative estimate of drug-likeness (QED) is 0.636. The summed E-state index contributed by atoms with van der Waals surface area (Å²) in [5.41, 5.74) is 0.886. The number of amides is 1. The fourth-order valence-electron chi connectivity index (χ4n) is 1.93. The summed E-state index contributed by atoms with van der Waals surface area (Å²) >= 11 is 0. The SMILES string of the molecule is C=N/C(=C\C(=C)F)NC(=O)c1cc(Oc2cncc(C#N)c2)cc(C)n1. The number of aromatic nitrogens is 2. The van der Waals surface area contributed by atoms with Crippen molar-refractivity contribution in [3.05, 3.63) is 71.8 Å². The molecule has 0 aromatic carbocycles. The van der Waals surface area contributed by atoms with Gasteiger partial charge in [0.15, 0.2) is 0 Å². The third-order valence-electron chi connectivity index (χ3n) is 2.94. The Hall–Kier alpha value is -3.86. The van der Waals surface area contributed by atoms with Gasteiger partial charge in [-0.25, -0.2) is 14.4 Å². The Morgan fingerprint density at radius 3 is 2.81 bits per heavy atom. The Bertz CT molecular complexity index is 947. The smallest absolute Gasteiger partial charge is 0.275 e. The zero-order chi connectivity index (χ0) is 19.1. The topological polar surface area (TPSA) is 100 Å². The van der Waals surface area contributed by atoms with Gasteiger partial charge < -0.3 is 10.1 Å². The Kier molecular flexibility index (Phi) is 5.90. The van der Waals surface area contributed by atoms with E-state index in [0.717, 1.165) is 6.08 Å². The summed E-state index contributed by atoms with van der Waals surface area (Å²) in [6, 6.07) is 6.48. The van der Waals surface area contributed by atoms with E-state index < -0.39 is 11.7 Å². The molecule has 2 rings (SSSR count). The predicted octanol–water partition coefficient (Wildman–Crippen LogP) is 3.20. The molecule has 0 atom stereocenters. The van der Waals surface area contributed by atoms with E-state index in [4.69, 9.17) is 10.00 Å². The van der Waals surface area contributed by atoms with Crippen LogP contribution in [0, 0.1) is 18.3 Å². The van der Waals surface area contributed by atoms with E-state index in [1.165, 1.54) is 24.5 Å². The molecule has 2 heterocycles. The lowest BCUT2D eigenvalue weighted by Gasteiger charge is -2.09. The standard InChI is InChI=1S/C18H14FN5O2/c1-11(19)4-17(21-3)24-18(25)16-7-14(5-12(2)23-16)26-15-6-13(8-20)9-22-10-15/h4-7,9-10H,1,3H2,2H3,(H,24,25)/b17-4+. The summed E-state index contributed by atoms with van der Waals surface area (Å²) in [4.78, 5) is 23.8. The normalized spacial score (nSPS) is 10.6. The highest BCUT2D eigenvalue weighted by atomic mass is 19.1. The molecule has 0 aliphatic rings. The van der Waals surface area contributed by atoms with Crippen LogP contribution in [0.25, 0.3) is 0 Å². The largest absolute Gasteiger partial charge is 0.456 e. The van der Waals surface area contributed by atoms with Gasteiger partial charge in [-0.1, -0.05) is 6.58 Å². The van der Waals surface area contributed by atoms with Crippen LogP contribution < -0.4 is 10.1 Å². The minimum Gasteiger partial charge on any atom is -0.456 e. The molecule has 7 nitrogen and oxygen atoms in total. The van der Waals surface area contributed by atoms with Crippen molar-refractivity contribution in [3.63, 3.8) is 0 Å². The first-order valence-corrected chi connectivity index (χ1v) is 7.27. The van der Waals surface area contributed by atoms with E-state index in [1.54, 1.807) is 13.0 Å². The molecule has 0 saturated carbocycles. The van der Waals surface area contributed by atoms with Crippen molar-refractivity contribution in [3.8, 4) is 17.6 Å². The van der Waals surface area contributed by atoms with Crippen LogP contribution in [0.15, 0.2) is 59.9 Å². The molecule has 0 bridgehead atoms. The van der Waals surface area contributed by atoms with Gasteiger partial charge in [0.1, 0.15) is 34.9 Å². The average molecular weight is 351 g/mol. The molecule has 0 unspecified atom stereocenters. The Balaban J connectivity index is 2.26. The van der Waals surface area contributed by atoms with E-state index >= 15 is 0 Å². The highest BCUT2D eigenvalue weighted by Crippen LogP contribution is 2.22. The molecule has 0 aliphatic carbocycles. The summed E-state index contributed by atoms with van der Waals surface area (Å²) in [5.74, 6) is -0.838. The van der Waals surface area contributed by atoms with Crippen LogP contribution in [0.5, 0.6) is 11.5 Å². The van der Waals surface area contributed by atoms with Gasteiger partial charge in [-0.3, -0.25) is 9.78 Å². The lowest BCUT2D eigenvalue weighted by atomic mass is 10.2. The lowest BCUT2D eigenvalue weighted by molar-refractivity contribution is 0.0960. The van der Waals surface area contributed by atoms with Crippen LogP contribution in [0.4, 0.5) is 4.39 Å². The van der Waals surface area contributed by atoms with Gasteiger partial charge in [-0.05, 0) is 13.6 Å². The first-order valence-electron chi connectivity index (χ1n) is 7.27. The Morgan fingerprint density at radius 1 is 1.38 bits per heavy atom. The van der Waals surface area contributed by atoms with Crippen molar-refractivity contribution >= 4 is 12.6 Å². The molecule has 0 aliphatic heterocycles. The van der Waals surface area contributed by atoms with Crippen LogP contribution in [0.1, 0.15) is 21.7 Å². The van der Waals surface area contributed by atoms with Crippen LogP contribution in [0.3, 0.4) is 0 Å². The van der Waals surface area contributed by atoms with Gasteiger partial charge in [-0.15, -0.1) is 0 Å². The molecule has 2 aromatic heterocycles. The van der Waals surface area contributed by atoms with Gasteiger partial charge >= 0.3 is 0 Å². The second kappa shape index (κ2) is 8.30. The van der Waals surface area contributed by atoms with Crippen LogP contribution >= 0.6 is 0 Å². The van der Waals surface area contributed by atoms with Crippen molar-refractivity contribution < 1.29 is 13.9 Å². The molecular formula is C18H14FN5O2. The number of hydrogen-bond acceptors (Lipinski definition) is 6. The zero-order valence-electron chi connectivity index (χ0n) is 13.9. The summed E-state index contributed by atoms with van der Waals surface area (Å²) in [5, 5.41) is 11.3. The maximum Gasteiger partial charge on any atom is 0.275 e. The number of halogens is 1. The molecular weight excluding hydrogens is 337 g/mol. The number of carbonyl (C=O) groups excluding carboxylic acids is 1. The lowest BCUT2D eigenvalue weighted by Crippen LogP contribution is -2.23. The average Bonchev–Trinajstić information content (AvgIpc) is 2.60. The number of nitrogens with one attached hydrogen (secondary N) is 1. The molecule has 8 heteroatoms. The minimum atomic E-state index is -0.779. The summed E-state index contributed by atoms with van der Waals surface area (Å²) in [6.07, 6.45) is 3.77. The van der Waals surface area contributed by atoms with Crippen molar-refractivity contribution in [2.75, 3.05) is 0 Å². The van der Waals surface area contributed by atoms with Crippen molar-refractivity contribution in [1.29, 1.82) is 5.26 Å². The molecule has 0 fully saturated rings. The van der Waals surface area contributed by atoms with Gasteiger partial charge in [0, 0.05) is 36.2 Å². The number of allylic oxidation sites excluding steroid dienone is 2. The second-order valence-corrected chi connectivity index (χ2v) is 5.04. The number of nitrogens with zero attached hydrogens (tertiary/aromatic N) is 4. The van der Waals surface area contributed by atoms with Crippen LogP contribution in [0.2, 0.25) is 0 Å². The number of nitriles is 1. The summed E-state index contributed by atoms with van der Waals surface area (Å²) in [7, 11) is 0. The molecule has 0 saturated heterocycles. The van der Waals surface area contributed by atoms with Crippen molar-refractivity contribution in [2.24, 2.45) is 4.99 Å². The summed E-state index contributed by atoms with van der Waals surface area (Å²) < 4.78 is 18.5. The predicted molar refractivity (Wildman–Crippen MR) is 93.3 cm³/mol. The number of pyridine rings is 2. The van der Waals surface area contributed by atoms with Gasteiger partial charge in [0.25, 0.3) is 5.91 Å². The summed E-state index contributed by atoms with van der Waals surface area (Å²) in [6.45, 7) is 7.99. The van der Waals surface area contributed by atoms with Crippen molar-refractivity contribution in [1.82, 2.24) is 15.3 Å². The maximum absolute atomic E-state index is 12.8. The number of carbonyl (C=O) groups is 1. The molecule has 0 spiro atoms. The van der Waals surface area contributed by atoms with Crippen molar-refractivity contribution in [2.45, 2.75) is 6.92 Å². The van der Waals surface area contributed by atoms with E-state index in [1.807, 2.05) is 6.07 Å². The van der Waals surface area contributed by atoms with E-state index in [2.05, 4.69) is 33.6 Å². The molecule has 2 aromatic rings. The van der Waals surface area contributed by atoms with E-state index in [0.29, 0.717) is 22.8 Å². The molecule has 130 valence electrons. The minimum absolute atomic E-state index is 0.0309. The highest BCUT2D eigenvalue weighted by Gasteiger charge is 2.12.